The van der Waals surface area contributed by atoms with Gasteiger partial charge in [0.05, 0.1) is 43.4 Å². The smallest absolute Gasteiger partial charge is 0.338 e. The maximum absolute atomic E-state index is 13.9. The lowest BCUT2D eigenvalue weighted by Crippen LogP contribution is -2.25. The minimum Gasteiger partial charge on any atom is -0.505 e. The molecule has 0 saturated heterocycles. The number of aromatic hydroxyl groups is 1. The molecule has 0 bridgehead atoms. The van der Waals surface area contributed by atoms with Crippen molar-refractivity contribution in [2.75, 3.05) is 20.8 Å². The number of hydrogen-bond donors (Lipinski definition) is 2. The fraction of sp³-hybridized carbons (Fsp3) is 0.206. The molecule has 0 radical (unpaired) electrons. The molecule has 3 aromatic heterocycles. The fourth-order valence-corrected chi connectivity index (χ4v) is 6.48. The van der Waals surface area contributed by atoms with Crippen molar-refractivity contribution < 1.29 is 24.1 Å². The second-order valence-electron chi connectivity index (χ2n) is 10.3. The monoisotopic (exact) mass is 609 g/mol. The molecular weight excluding hydrogens is 578 g/mol. The van der Waals surface area contributed by atoms with Crippen LogP contribution < -0.4 is 15.0 Å². The van der Waals surface area contributed by atoms with E-state index in [0.717, 1.165) is 27.7 Å². The van der Waals surface area contributed by atoms with E-state index in [2.05, 4.69) is 9.97 Å². The van der Waals surface area contributed by atoms with Crippen LogP contribution in [0.25, 0.3) is 21.3 Å². The van der Waals surface area contributed by atoms with E-state index in [4.69, 9.17) is 14.2 Å². The Hall–Kier alpha value is -5.09. The molecular formula is C34H31N3O6S. The Kier molecular flexibility index (Phi) is 8.08. The number of rotatable bonds is 10. The zero-order valence-corrected chi connectivity index (χ0v) is 25.3. The Labute approximate surface area is 257 Å². The molecule has 3 heterocycles. The lowest BCUT2D eigenvalue weighted by molar-refractivity contribution is 0.0500. The average Bonchev–Trinajstić information content (AvgIpc) is 3.70. The lowest BCUT2D eigenvalue weighted by Gasteiger charge is -2.21. The first-order chi connectivity index (χ1) is 21.4. The number of aromatic amines is 1. The number of nitrogens with one attached hydrogen (secondary N) is 1. The second kappa shape index (κ2) is 12.3. The fourth-order valence-electron chi connectivity index (χ4n) is 5.72. The largest absolute Gasteiger partial charge is 0.505 e. The van der Waals surface area contributed by atoms with Crippen LogP contribution in [0.2, 0.25) is 0 Å². The van der Waals surface area contributed by atoms with Crippen molar-refractivity contribution in [2.45, 2.75) is 18.8 Å². The number of thiazole rings is 1. The number of ether oxygens (including phenoxy) is 3. The molecule has 0 spiro atoms. The number of aromatic nitrogens is 3. The number of esters is 1. The molecule has 0 saturated carbocycles. The maximum Gasteiger partial charge on any atom is 0.338 e. The van der Waals surface area contributed by atoms with Crippen LogP contribution in [0, 0.1) is 0 Å². The highest BCUT2D eigenvalue weighted by atomic mass is 32.1. The highest BCUT2D eigenvalue weighted by Crippen LogP contribution is 2.41. The van der Waals surface area contributed by atoms with Crippen LogP contribution in [-0.4, -0.2) is 46.4 Å². The van der Waals surface area contributed by atoms with Gasteiger partial charge in [-0.1, -0.05) is 48.5 Å². The topological polar surface area (TPSA) is 116 Å². The third-order valence-electron chi connectivity index (χ3n) is 7.85. The highest BCUT2D eigenvalue weighted by molar-refractivity contribution is 7.16. The van der Waals surface area contributed by atoms with E-state index in [1.807, 2.05) is 54.6 Å². The zero-order valence-electron chi connectivity index (χ0n) is 24.5. The van der Waals surface area contributed by atoms with Gasteiger partial charge in [-0.05, 0) is 48.2 Å². The number of H-pyrrole nitrogens is 1. The summed E-state index contributed by atoms with van der Waals surface area (Å²) in [5.41, 5.74) is 5.89. The number of aryl methyl sites for hydroxylation is 2. The summed E-state index contributed by atoms with van der Waals surface area (Å²) in [5, 5.41) is 12.5. The zero-order chi connectivity index (χ0) is 30.8. The van der Waals surface area contributed by atoms with E-state index in [0.29, 0.717) is 40.3 Å². The first-order valence-corrected chi connectivity index (χ1v) is 15.0. The molecule has 2 N–H and O–H groups in total. The maximum atomic E-state index is 13.9. The van der Waals surface area contributed by atoms with Gasteiger partial charge in [0.1, 0.15) is 10.3 Å². The molecule has 0 aliphatic rings. The van der Waals surface area contributed by atoms with Crippen molar-refractivity contribution in [1.29, 1.82) is 0 Å². The van der Waals surface area contributed by atoms with Crippen molar-refractivity contribution in [3.05, 3.63) is 117 Å². The number of methoxy groups -OCH3 is 2. The summed E-state index contributed by atoms with van der Waals surface area (Å²) < 4.78 is 17.7. The second-order valence-corrected chi connectivity index (χ2v) is 11.2. The number of benzene rings is 3. The SMILES string of the molecule is COc1ccc(C(=O)OCCCc2c(C(c3ccccc3)c3c(O)c4ncsc4n(C)c3=O)[nH]c3ccccc23)cc1OC. The Morgan fingerprint density at radius 1 is 1.02 bits per heavy atom. The van der Waals surface area contributed by atoms with E-state index in [-0.39, 0.29) is 23.5 Å². The third kappa shape index (κ3) is 5.17. The predicted octanol–water partition coefficient (Wildman–Crippen LogP) is 6.17. The molecule has 6 aromatic rings. The van der Waals surface area contributed by atoms with E-state index in [1.165, 1.54) is 25.6 Å². The van der Waals surface area contributed by atoms with Gasteiger partial charge < -0.3 is 28.9 Å². The average molecular weight is 610 g/mol. The number of fused-ring (bicyclic) bond motifs is 2. The summed E-state index contributed by atoms with van der Waals surface area (Å²) in [4.78, 5) is 35.2. The van der Waals surface area contributed by atoms with E-state index in [1.54, 1.807) is 35.3 Å². The van der Waals surface area contributed by atoms with Gasteiger partial charge in [0.2, 0.25) is 0 Å². The van der Waals surface area contributed by atoms with Gasteiger partial charge in [-0.2, -0.15) is 0 Å². The summed E-state index contributed by atoms with van der Waals surface area (Å²) in [6.07, 6.45) is 1.09. The Morgan fingerprint density at radius 2 is 1.77 bits per heavy atom. The van der Waals surface area contributed by atoms with Gasteiger partial charge >= 0.3 is 5.97 Å². The van der Waals surface area contributed by atoms with Crippen LogP contribution in [0.1, 0.15) is 45.1 Å². The Bertz CT molecular complexity index is 2030. The Morgan fingerprint density at radius 3 is 2.55 bits per heavy atom. The van der Waals surface area contributed by atoms with Crippen molar-refractivity contribution in [1.82, 2.24) is 14.5 Å². The van der Waals surface area contributed by atoms with Crippen molar-refractivity contribution in [2.24, 2.45) is 7.05 Å². The lowest BCUT2D eigenvalue weighted by atomic mass is 9.85. The van der Waals surface area contributed by atoms with Gasteiger partial charge in [0.15, 0.2) is 17.2 Å². The first-order valence-electron chi connectivity index (χ1n) is 14.1. The predicted molar refractivity (Wildman–Crippen MR) is 170 cm³/mol. The van der Waals surface area contributed by atoms with Gasteiger partial charge in [-0.15, -0.1) is 11.3 Å². The number of carbonyl (C=O) groups excluding carboxylic acids is 1. The molecule has 0 amide bonds. The number of hydrogen-bond acceptors (Lipinski definition) is 8. The van der Waals surface area contributed by atoms with Gasteiger partial charge in [-0.25, -0.2) is 9.78 Å². The molecule has 6 rings (SSSR count). The molecule has 0 aliphatic carbocycles. The van der Waals surface area contributed by atoms with Gasteiger partial charge in [0.25, 0.3) is 5.56 Å². The molecule has 0 fully saturated rings. The van der Waals surface area contributed by atoms with Crippen LogP contribution >= 0.6 is 11.3 Å². The van der Waals surface area contributed by atoms with Crippen LogP contribution in [-0.2, 0) is 18.2 Å². The molecule has 3 aromatic carbocycles. The summed E-state index contributed by atoms with van der Waals surface area (Å²) in [5.74, 6) is -0.206. The molecule has 0 aliphatic heterocycles. The molecule has 1 unspecified atom stereocenters. The molecule has 1 atom stereocenters. The summed E-state index contributed by atoms with van der Waals surface area (Å²) >= 11 is 1.31. The highest BCUT2D eigenvalue weighted by Gasteiger charge is 2.30. The third-order valence-corrected chi connectivity index (χ3v) is 8.75. The molecule has 44 heavy (non-hydrogen) atoms. The van der Waals surface area contributed by atoms with Crippen molar-refractivity contribution >= 4 is 38.6 Å². The molecule has 10 heteroatoms. The van der Waals surface area contributed by atoms with Gasteiger partial charge in [0, 0.05) is 23.6 Å². The summed E-state index contributed by atoms with van der Waals surface area (Å²) in [6.45, 7) is 0.180. The standard InChI is InChI=1S/C34H31N3O6S/c1-37-32(39)28(31(38)30-33(37)44-19-35-30)27(20-10-5-4-6-11-20)29-23(22-12-7-8-14-24(22)36-29)13-9-17-43-34(40)21-15-16-25(41-2)26(18-21)42-3/h4-8,10-12,14-16,18-19,27,36,38H,9,13,17H2,1-3H3. The minimum absolute atomic E-state index is 0.119. The summed E-state index contributed by atoms with van der Waals surface area (Å²) in [6, 6.07) is 22.5. The molecule has 224 valence electrons. The quantitative estimate of drug-likeness (QED) is 0.141. The number of pyridine rings is 1. The Balaban J connectivity index is 1.36. The number of nitrogens with zero attached hydrogens (tertiary/aromatic N) is 2. The molecule has 9 nitrogen and oxygen atoms in total. The number of carbonyl (C=O) groups is 1. The van der Waals surface area contributed by atoms with E-state index < -0.39 is 11.9 Å². The summed E-state index contributed by atoms with van der Waals surface area (Å²) in [7, 11) is 4.75. The van der Waals surface area contributed by atoms with Crippen LogP contribution in [0.3, 0.4) is 0 Å². The minimum atomic E-state index is -0.599. The van der Waals surface area contributed by atoms with E-state index in [9.17, 15) is 14.7 Å². The normalized spacial score (nSPS) is 12.0. The van der Waals surface area contributed by atoms with E-state index >= 15 is 0 Å². The van der Waals surface area contributed by atoms with Crippen molar-refractivity contribution in [3.8, 4) is 17.2 Å². The van der Waals surface area contributed by atoms with Crippen LogP contribution in [0.4, 0.5) is 0 Å². The van der Waals surface area contributed by atoms with Gasteiger partial charge in [-0.3, -0.25) is 4.79 Å². The van der Waals surface area contributed by atoms with Crippen LogP contribution in [0.5, 0.6) is 17.2 Å². The number of para-hydroxylation sites is 1. The van der Waals surface area contributed by atoms with Crippen LogP contribution in [0.15, 0.2) is 83.1 Å². The first kappa shape index (κ1) is 29.0. The van der Waals surface area contributed by atoms with Crippen molar-refractivity contribution in [3.63, 3.8) is 0 Å².